The van der Waals surface area contributed by atoms with Gasteiger partial charge < -0.3 is 5.32 Å². The minimum atomic E-state index is 0.622. The SMILES string of the molecule is CCCC(CCc1c(Br)cnn1CCC)NC. The molecule has 0 fully saturated rings. The fourth-order valence-electron chi connectivity index (χ4n) is 2.13. The standard InChI is InChI=1S/C13H24BrN3/c1-4-6-11(15-3)7-8-13-12(14)10-16-17(13)9-5-2/h10-11,15H,4-9H2,1-3H3. The molecule has 0 saturated carbocycles. The highest BCUT2D eigenvalue weighted by molar-refractivity contribution is 9.10. The molecule has 1 N–H and O–H groups in total. The van der Waals surface area contributed by atoms with Gasteiger partial charge in [-0.05, 0) is 48.7 Å². The summed E-state index contributed by atoms with van der Waals surface area (Å²) in [5, 5.41) is 7.80. The molecule has 4 heteroatoms. The third-order valence-electron chi connectivity index (χ3n) is 3.11. The van der Waals surface area contributed by atoms with Crippen molar-refractivity contribution >= 4 is 15.9 Å². The third-order valence-corrected chi connectivity index (χ3v) is 3.77. The van der Waals surface area contributed by atoms with Gasteiger partial charge in [-0.15, -0.1) is 0 Å². The quantitative estimate of drug-likeness (QED) is 0.798. The molecule has 17 heavy (non-hydrogen) atoms. The van der Waals surface area contributed by atoms with E-state index >= 15 is 0 Å². The van der Waals surface area contributed by atoms with E-state index in [1.165, 1.54) is 25.0 Å². The van der Waals surface area contributed by atoms with Gasteiger partial charge in [-0.3, -0.25) is 4.68 Å². The number of nitrogens with zero attached hydrogens (tertiary/aromatic N) is 2. The molecule has 1 atom stereocenters. The normalized spacial score (nSPS) is 12.9. The number of aromatic nitrogens is 2. The van der Waals surface area contributed by atoms with Crippen LogP contribution in [0.4, 0.5) is 0 Å². The van der Waals surface area contributed by atoms with Crippen LogP contribution in [0.15, 0.2) is 10.7 Å². The summed E-state index contributed by atoms with van der Waals surface area (Å²) in [6.45, 7) is 5.44. The number of rotatable bonds is 8. The van der Waals surface area contributed by atoms with Crippen molar-refractivity contribution in [2.75, 3.05) is 7.05 Å². The second-order valence-corrected chi connectivity index (χ2v) is 5.33. The van der Waals surface area contributed by atoms with E-state index < -0.39 is 0 Å². The molecule has 1 rings (SSSR count). The van der Waals surface area contributed by atoms with Crippen LogP contribution in [0.25, 0.3) is 0 Å². The Kier molecular flexibility index (Phi) is 6.82. The zero-order valence-electron chi connectivity index (χ0n) is 11.2. The Labute approximate surface area is 113 Å². The van der Waals surface area contributed by atoms with Crippen molar-refractivity contribution in [2.24, 2.45) is 0 Å². The Hall–Kier alpha value is -0.350. The predicted octanol–water partition coefficient (Wildman–Crippen LogP) is 3.38. The predicted molar refractivity (Wildman–Crippen MR) is 76.3 cm³/mol. The van der Waals surface area contributed by atoms with Crippen LogP contribution in [-0.4, -0.2) is 22.9 Å². The lowest BCUT2D eigenvalue weighted by Crippen LogP contribution is -2.25. The van der Waals surface area contributed by atoms with Gasteiger partial charge >= 0.3 is 0 Å². The maximum Gasteiger partial charge on any atom is 0.0635 e. The van der Waals surface area contributed by atoms with Crippen LogP contribution in [-0.2, 0) is 13.0 Å². The summed E-state index contributed by atoms with van der Waals surface area (Å²) in [6.07, 6.45) is 7.80. The number of halogens is 1. The van der Waals surface area contributed by atoms with Gasteiger partial charge in [0, 0.05) is 12.6 Å². The van der Waals surface area contributed by atoms with Crippen LogP contribution in [0.2, 0.25) is 0 Å². The molecule has 1 unspecified atom stereocenters. The summed E-state index contributed by atoms with van der Waals surface area (Å²) in [5.41, 5.74) is 1.34. The molecule has 0 bridgehead atoms. The Bertz CT molecular complexity index is 322. The van der Waals surface area contributed by atoms with Crippen LogP contribution in [0.1, 0.15) is 45.2 Å². The first-order valence-electron chi connectivity index (χ1n) is 6.60. The van der Waals surface area contributed by atoms with Crippen molar-refractivity contribution in [3.8, 4) is 0 Å². The first-order chi connectivity index (χ1) is 8.22. The van der Waals surface area contributed by atoms with Gasteiger partial charge in [0.15, 0.2) is 0 Å². The number of hydrogen-bond donors (Lipinski definition) is 1. The van der Waals surface area contributed by atoms with Gasteiger partial charge in [0.1, 0.15) is 0 Å². The van der Waals surface area contributed by atoms with Crippen LogP contribution >= 0.6 is 15.9 Å². The van der Waals surface area contributed by atoms with Crippen molar-refractivity contribution < 1.29 is 0 Å². The molecule has 98 valence electrons. The summed E-state index contributed by atoms with van der Waals surface area (Å²) in [7, 11) is 2.05. The average molecular weight is 302 g/mol. The molecular formula is C13H24BrN3. The van der Waals surface area contributed by atoms with Gasteiger partial charge in [0.05, 0.1) is 16.4 Å². The monoisotopic (exact) mass is 301 g/mol. The summed E-state index contributed by atoms with van der Waals surface area (Å²) in [6, 6.07) is 0.622. The smallest absolute Gasteiger partial charge is 0.0635 e. The molecule has 0 aliphatic carbocycles. The molecule has 1 heterocycles. The summed E-state index contributed by atoms with van der Waals surface area (Å²) < 4.78 is 3.28. The first kappa shape index (κ1) is 14.7. The van der Waals surface area contributed by atoms with Crippen molar-refractivity contribution in [2.45, 2.75) is 58.5 Å². The molecule has 1 aromatic rings. The number of nitrogens with one attached hydrogen (secondary N) is 1. The minimum Gasteiger partial charge on any atom is -0.317 e. The number of aryl methyl sites for hydroxylation is 1. The Morgan fingerprint density at radius 2 is 2.12 bits per heavy atom. The Morgan fingerprint density at radius 1 is 1.35 bits per heavy atom. The van der Waals surface area contributed by atoms with Gasteiger partial charge in [-0.2, -0.15) is 5.10 Å². The highest BCUT2D eigenvalue weighted by Crippen LogP contribution is 2.19. The minimum absolute atomic E-state index is 0.622. The summed E-state index contributed by atoms with van der Waals surface area (Å²) in [4.78, 5) is 0. The van der Waals surface area contributed by atoms with Crippen LogP contribution < -0.4 is 5.32 Å². The summed E-state index contributed by atoms with van der Waals surface area (Å²) >= 11 is 3.59. The zero-order chi connectivity index (χ0) is 12.7. The van der Waals surface area contributed by atoms with Crippen molar-refractivity contribution in [1.82, 2.24) is 15.1 Å². The molecule has 0 aliphatic rings. The second kappa shape index (κ2) is 7.88. The van der Waals surface area contributed by atoms with E-state index in [1.807, 2.05) is 6.20 Å². The fraction of sp³-hybridized carbons (Fsp3) is 0.769. The van der Waals surface area contributed by atoms with E-state index in [9.17, 15) is 0 Å². The molecule has 3 nitrogen and oxygen atoms in total. The molecule has 0 amide bonds. The Morgan fingerprint density at radius 3 is 2.71 bits per heavy atom. The maximum absolute atomic E-state index is 4.40. The van der Waals surface area contributed by atoms with Crippen molar-refractivity contribution in [3.63, 3.8) is 0 Å². The maximum atomic E-state index is 4.40. The topological polar surface area (TPSA) is 29.9 Å². The van der Waals surface area contributed by atoms with Crippen molar-refractivity contribution in [3.05, 3.63) is 16.4 Å². The lowest BCUT2D eigenvalue weighted by Gasteiger charge is -2.15. The van der Waals surface area contributed by atoms with Gasteiger partial charge in [-0.1, -0.05) is 20.3 Å². The summed E-state index contributed by atoms with van der Waals surface area (Å²) in [5.74, 6) is 0. The van der Waals surface area contributed by atoms with E-state index in [2.05, 4.69) is 51.9 Å². The van der Waals surface area contributed by atoms with E-state index in [-0.39, 0.29) is 0 Å². The highest BCUT2D eigenvalue weighted by Gasteiger charge is 2.11. The molecule has 0 saturated heterocycles. The van der Waals surface area contributed by atoms with E-state index in [0.29, 0.717) is 6.04 Å². The molecule has 0 radical (unpaired) electrons. The zero-order valence-corrected chi connectivity index (χ0v) is 12.8. The molecule has 1 aromatic heterocycles. The van der Waals surface area contributed by atoms with E-state index in [0.717, 1.165) is 23.9 Å². The van der Waals surface area contributed by atoms with Crippen LogP contribution in [0.5, 0.6) is 0 Å². The largest absolute Gasteiger partial charge is 0.317 e. The molecule has 0 aromatic carbocycles. The van der Waals surface area contributed by atoms with Crippen LogP contribution in [0, 0.1) is 0 Å². The molecular weight excluding hydrogens is 278 g/mol. The van der Waals surface area contributed by atoms with Crippen LogP contribution in [0.3, 0.4) is 0 Å². The molecule has 0 spiro atoms. The first-order valence-corrected chi connectivity index (χ1v) is 7.39. The fourth-order valence-corrected chi connectivity index (χ4v) is 2.63. The van der Waals surface area contributed by atoms with E-state index in [4.69, 9.17) is 0 Å². The van der Waals surface area contributed by atoms with Gasteiger partial charge in [-0.25, -0.2) is 0 Å². The number of hydrogen-bond acceptors (Lipinski definition) is 2. The van der Waals surface area contributed by atoms with Crippen molar-refractivity contribution in [1.29, 1.82) is 0 Å². The second-order valence-electron chi connectivity index (χ2n) is 4.48. The average Bonchev–Trinajstić information content (AvgIpc) is 2.67. The molecule has 0 aliphatic heterocycles. The Balaban J connectivity index is 2.57. The third kappa shape index (κ3) is 4.43. The van der Waals surface area contributed by atoms with Gasteiger partial charge in [0.2, 0.25) is 0 Å². The lowest BCUT2D eigenvalue weighted by atomic mass is 10.1. The lowest BCUT2D eigenvalue weighted by molar-refractivity contribution is 0.470. The highest BCUT2D eigenvalue weighted by atomic mass is 79.9. The van der Waals surface area contributed by atoms with Gasteiger partial charge in [0.25, 0.3) is 0 Å². The van der Waals surface area contributed by atoms with E-state index in [1.54, 1.807) is 0 Å².